The molecule has 6 nitrogen and oxygen atoms in total. The third-order valence-corrected chi connectivity index (χ3v) is 5.89. The minimum atomic E-state index is -0.132. The molecule has 0 N–H and O–H groups in total. The fourth-order valence-corrected chi connectivity index (χ4v) is 4.13. The molecule has 3 rings (SSSR count). The first-order valence-corrected chi connectivity index (χ1v) is 10.9. The Morgan fingerprint density at radius 1 is 1.13 bits per heavy atom. The molecule has 1 aromatic heterocycles. The van der Waals surface area contributed by atoms with Gasteiger partial charge in [-0.3, -0.25) is 9.59 Å². The van der Waals surface area contributed by atoms with Crippen LogP contribution in [0, 0.1) is 6.92 Å². The molecule has 162 valence electrons. The monoisotopic (exact) mass is 438 g/mol. The molecule has 0 saturated carbocycles. The van der Waals surface area contributed by atoms with Crippen molar-refractivity contribution < 1.29 is 19.1 Å². The summed E-state index contributed by atoms with van der Waals surface area (Å²) in [5.74, 6) is 1.07. The first kappa shape index (κ1) is 22.5. The Morgan fingerprint density at radius 2 is 1.81 bits per heavy atom. The molecular formula is C24H26N2O4S. The minimum Gasteiger partial charge on any atom is -0.496 e. The molecule has 0 unspecified atom stereocenters. The van der Waals surface area contributed by atoms with E-state index in [2.05, 4.69) is 17.1 Å². The number of nitrogens with zero attached hydrogens (tertiary/aromatic N) is 2. The van der Waals surface area contributed by atoms with Gasteiger partial charge in [0.2, 0.25) is 0 Å². The van der Waals surface area contributed by atoms with Crippen molar-refractivity contribution in [3.8, 4) is 11.5 Å². The van der Waals surface area contributed by atoms with Crippen molar-refractivity contribution >= 4 is 23.5 Å². The Morgan fingerprint density at radius 3 is 2.39 bits per heavy atom. The predicted molar refractivity (Wildman–Crippen MR) is 121 cm³/mol. The lowest BCUT2D eigenvalue weighted by Crippen LogP contribution is -2.32. The third kappa shape index (κ3) is 5.70. The number of amides is 1. The zero-order valence-corrected chi connectivity index (χ0v) is 18.8. The highest BCUT2D eigenvalue weighted by Crippen LogP contribution is 2.30. The van der Waals surface area contributed by atoms with Gasteiger partial charge in [-0.1, -0.05) is 30.3 Å². The Balaban J connectivity index is 1.83. The minimum absolute atomic E-state index is 0.132. The van der Waals surface area contributed by atoms with Crippen LogP contribution in [-0.2, 0) is 13.0 Å². The van der Waals surface area contributed by atoms with E-state index < -0.39 is 0 Å². The first-order chi connectivity index (χ1) is 15.0. The van der Waals surface area contributed by atoms with Gasteiger partial charge in [-0.05, 0) is 37.5 Å². The van der Waals surface area contributed by atoms with Crippen LogP contribution in [0.25, 0.3) is 0 Å². The van der Waals surface area contributed by atoms with Crippen molar-refractivity contribution in [2.75, 3.05) is 20.8 Å². The molecule has 0 aliphatic rings. The number of ether oxygens (including phenoxy) is 2. The number of rotatable bonds is 10. The summed E-state index contributed by atoms with van der Waals surface area (Å²) in [6, 6.07) is 13.7. The summed E-state index contributed by atoms with van der Waals surface area (Å²) < 4.78 is 10.9. The second-order valence-corrected chi connectivity index (χ2v) is 8.05. The average Bonchev–Trinajstić information content (AvgIpc) is 3.26. The zero-order valence-electron chi connectivity index (χ0n) is 18.0. The Hall–Kier alpha value is -3.19. The molecular weight excluding hydrogens is 412 g/mol. The highest BCUT2D eigenvalue weighted by molar-refractivity contribution is 7.09. The van der Waals surface area contributed by atoms with Gasteiger partial charge in [0, 0.05) is 23.1 Å². The first-order valence-electron chi connectivity index (χ1n) is 10.0. The third-order valence-electron chi connectivity index (χ3n) is 5.04. The van der Waals surface area contributed by atoms with E-state index in [1.165, 1.54) is 16.9 Å². The Bertz CT molecular complexity index is 1010. The average molecular weight is 439 g/mol. The molecule has 1 amide bonds. The summed E-state index contributed by atoms with van der Waals surface area (Å²) in [5, 5.41) is 2.42. The van der Waals surface area contributed by atoms with Gasteiger partial charge in [-0.15, -0.1) is 11.3 Å². The second-order valence-electron chi connectivity index (χ2n) is 7.11. The summed E-state index contributed by atoms with van der Waals surface area (Å²) in [5.41, 5.74) is 2.94. The van der Waals surface area contributed by atoms with E-state index in [-0.39, 0.29) is 5.91 Å². The van der Waals surface area contributed by atoms with E-state index in [9.17, 15) is 9.59 Å². The maximum absolute atomic E-state index is 13.4. The summed E-state index contributed by atoms with van der Waals surface area (Å²) in [4.78, 5) is 30.5. The van der Waals surface area contributed by atoms with Crippen LogP contribution < -0.4 is 9.47 Å². The normalized spacial score (nSPS) is 10.5. The molecule has 31 heavy (non-hydrogen) atoms. The molecule has 0 spiro atoms. The van der Waals surface area contributed by atoms with Gasteiger partial charge in [0.15, 0.2) is 6.29 Å². The number of methoxy groups -OCH3 is 2. The SMILES string of the molecule is COc1cc(C(=O)N(CCCc2ccccc2)Cc2nc(C=O)cs2)cc(OC)c1C. The van der Waals surface area contributed by atoms with Crippen LogP contribution in [0.5, 0.6) is 11.5 Å². The largest absolute Gasteiger partial charge is 0.496 e. The quantitative estimate of drug-likeness (QED) is 0.434. The van der Waals surface area contributed by atoms with Crippen molar-refractivity contribution in [3.63, 3.8) is 0 Å². The Kier molecular flexibility index (Phi) is 7.78. The highest BCUT2D eigenvalue weighted by Gasteiger charge is 2.21. The molecule has 3 aromatic rings. The molecule has 0 fully saturated rings. The predicted octanol–water partition coefficient (Wildman–Crippen LogP) is 4.56. The molecule has 1 heterocycles. The molecule has 0 radical (unpaired) electrons. The fourth-order valence-electron chi connectivity index (χ4n) is 3.38. The van der Waals surface area contributed by atoms with Gasteiger partial charge in [0.1, 0.15) is 22.2 Å². The summed E-state index contributed by atoms with van der Waals surface area (Å²) in [6.45, 7) is 2.78. The van der Waals surface area contributed by atoms with Crippen LogP contribution in [0.2, 0.25) is 0 Å². The van der Waals surface area contributed by atoms with E-state index >= 15 is 0 Å². The number of carbonyl (C=O) groups is 2. The highest BCUT2D eigenvalue weighted by atomic mass is 32.1. The number of aryl methyl sites for hydroxylation is 1. The van der Waals surface area contributed by atoms with Crippen LogP contribution in [0.1, 0.15) is 43.4 Å². The summed E-state index contributed by atoms with van der Waals surface area (Å²) in [7, 11) is 3.15. The molecule has 0 aliphatic heterocycles. The van der Waals surface area contributed by atoms with Gasteiger partial charge in [-0.2, -0.15) is 0 Å². The molecule has 0 aliphatic carbocycles. The second kappa shape index (κ2) is 10.7. The zero-order chi connectivity index (χ0) is 22.2. The smallest absolute Gasteiger partial charge is 0.254 e. The summed E-state index contributed by atoms with van der Waals surface area (Å²) in [6.07, 6.45) is 2.39. The van der Waals surface area contributed by atoms with Crippen molar-refractivity contribution in [3.05, 3.63) is 75.2 Å². The van der Waals surface area contributed by atoms with Crippen molar-refractivity contribution in [1.82, 2.24) is 9.88 Å². The van der Waals surface area contributed by atoms with Crippen LogP contribution in [0.15, 0.2) is 47.8 Å². The number of hydrogen-bond acceptors (Lipinski definition) is 6. The molecule has 0 atom stereocenters. The maximum Gasteiger partial charge on any atom is 0.254 e. The van der Waals surface area contributed by atoms with Crippen LogP contribution >= 0.6 is 11.3 Å². The van der Waals surface area contributed by atoms with E-state index in [0.29, 0.717) is 35.8 Å². The molecule has 7 heteroatoms. The van der Waals surface area contributed by atoms with Crippen molar-refractivity contribution in [2.45, 2.75) is 26.3 Å². The lowest BCUT2D eigenvalue weighted by Gasteiger charge is -2.23. The Labute approximate surface area is 186 Å². The summed E-state index contributed by atoms with van der Waals surface area (Å²) >= 11 is 1.38. The van der Waals surface area contributed by atoms with E-state index in [0.717, 1.165) is 29.7 Å². The van der Waals surface area contributed by atoms with Crippen LogP contribution in [-0.4, -0.2) is 42.8 Å². The van der Waals surface area contributed by atoms with Gasteiger partial charge in [-0.25, -0.2) is 4.98 Å². The van der Waals surface area contributed by atoms with Gasteiger partial charge in [0.25, 0.3) is 5.91 Å². The van der Waals surface area contributed by atoms with Gasteiger partial charge in [0.05, 0.1) is 20.8 Å². The van der Waals surface area contributed by atoms with Crippen LogP contribution in [0.4, 0.5) is 0 Å². The van der Waals surface area contributed by atoms with Gasteiger partial charge < -0.3 is 14.4 Å². The molecule has 2 aromatic carbocycles. The van der Waals surface area contributed by atoms with Crippen molar-refractivity contribution in [2.24, 2.45) is 0 Å². The lowest BCUT2D eigenvalue weighted by molar-refractivity contribution is 0.0740. The van der Waals surface area contributed by atoms with E-state index in [1.807, 2.05) is 25.1 Å². The topological polar surface area (TPSA) is 68.7 Å². The maximum atomic E-state index is 13.4. The number of aromatic nitrogens is 1. The number of carbonyl (C=O) groups excluding carboxylic acids is 2. The van der Waals surface area contributed by atoms with E-state index in [4.69, 9.17) is 9.47 Å². The standard InChI is InChI=1S/C24H26N2O4S/c1-17-21(29-2)12-19(13-22(17)30-3)24(28)26(14-23-25-20(15-27)16-31-23)11-7-10-18-8-5-4-6-9-18/h4-6,8-9,12-13,15-16H,7,10-11,14H2,1-3H3. The molecule has 0 saturated heterocycles. The number of thiazole rings is 1. The van der Waals surface area contributed by atoms with Crippen molar-refractivity contribution in [1.29, 1.82) is 0 Å². The van der Waals surface area contributed by atoms with Gasteiger partial charge >= 0.3 is 0 Å². The fraction of sp³-hybridized carbons (Fsp3) is 0.292. The van der Waals surface area contributed by atoms with Crippen LogP contribution in [0.3, 0.4) is 0 Å². The number of benzene rings is 2. The molecule has 0 bridgehead atoms. The number of aldehydes is 1. The lowest BCUT2D eigenvalue weighted by atomic mass is 10.1. The van der Waals surface area contributed by atoms with E-state index in [1.54, 1.807) is 36.6 Å². The number of hydrogen-bond donors (Lipinski definition) is 0.